The molecule has 0 aromatic heterocycles. The molecule has 6 N–H and O–H groups in total. The fourth-order valence-electron chi connectivity index (χ4n) is 1.01. The highest BCUT2D eigenvalue weighted by Crippen LogP contribution is 1.96. The molecule has 0 aromatic carbocycles. The average molecular weight is 175 g/mol. The highest BCUT2D eigenvalue weighted by atomic mass is 14.9. The molecule has 0 atom stereocenters. The Morgan fingerprint density at radius 2 is 1.75 bits per heavy atom. The Morgan fingerprint density at radius 1 is 1.17 bits per heavy atom. The third-order valence-corrected chi connectivity index (χ3v) is 1.76. The molecule has 12 heavy (non-hydrogen) atoms. The summed E-state index contributed by atoms with van der Waals surface area (Å²) in [6.45, 7) is 5.48. The Balaban J connectivity index is 0. The Labute approximate surface area is 76.7 Å². The van der Waals surface area contributed by atoms with Crippen molar-refractivity contribution in [2.45, 2.75) is 39.0 Å². The van der Waals surface area contributed by atoms with Crippen LogP contribution in [0.15, 0.2) is 0 Å². The zero-order valence-electron chi connectivity index (χ0n) is 8.44. The molecule has 0 saturated carbocycles. The van der Waals surface area contributed by atoms with Gasteiger partial charge in [-0.15, -0.1) is 0 Å². The van der Waals surface area contributed by atoms with E-state index in [0.717, 1.165) is 6.54 Å². The van der Waals surface area contributed by atoms with Gasteiger partial charge in [0.2, 0.25) is 0 Å². The predicted octanol–water partition coefficient (Wildman–Crippen LogP) is 1.67. The van der Waals surface area contributed by atoms with E-state index in [1.807, 2.05) is 0 Å². The van der Waals surface area contributed by atoms with Gasteiger partial charge in [0.05, 0.1) is 0 Å². The molecule has 0 radical (unpaired) electrons. The first-order chi connectivity index (χ1) is 5.41. The fourth-order valence-corrected chi connectivity index (χ4v) is 1.01. The molecule has 1 aliphatic heterocycles. The smallest absolute Gasteiger partial charge is 0.00489 e. The van der Waals surface area contributed by atoms with Gasteiger partial charge >= 0.3 is 0 Å². The van der Waals surface area contributed by atoms with Gasteiger partial charge in [0.1, 0.15) is 0 Å². The molecule has 1 rings (SSSR count). The van der Waals surface area contributed by atoms with E-state index in [9.17, 15) is 0 Å². The van der Waals surface area contributed by atoms with Gasteiger partial charge in [0.25, 0.3) is 0 Å². The van der Waals surface area contributed by atoms with Gasteiger partial charge in [-0.3, -0.25) is 0 Å². The van der Waals surface area contributed by atoms with Gasteiger partial charge in [-0.1, -0.05) is 19.8 Å². The van der Waals surface area contributed by atoms with E-state index >= 15 is 0 Å². The van der Waals surface area contributed by atoms with Crippen molar-refractivity contribution in [2.75, 3.05) is 19.6 Å². The first-order valence-electron chi connectivity index (χ1n) is 4.82. The summed E-state index contributed by atoms with van der Waals surface area (Å²) < 4.78 is 0. The van der Waals surface area contributed by atoms with E-state index in [1.165, 1.54) is 45.2 Å². The Hall–Kier alpha value is -0.120. The van der Waals surface area contributed by atoms with Gasteiger partial charge in [0, 0.05) is 0 Å². The van der Waals surface area contributed by atoms with Crippen LogP contribution in [0.3, 0.4) is 0 Å². The van der Waals surface area contributed by atoms with Crippen LogP contribution in [0, 0.1) is 0 Å². The second kappa shape index (κ2) is 13.5. The molecular formula is C9H25N3. The quantitative estimate of drug-likeness (QED) is 0.597. The van der Waals surface area contributed by atoms with Crippen LogP contribution in [0.2, 0.25) is 0 Å². The minimum atomic E-state index is 0. The zero-order valence-corrected chi connectivity index (χ0v) is 8.44. The molecule has 0 unspecified atom stereocenters. The largest absolute Gasteiger partial charge is 0.344 e. The number of rotatable bonds is 2. The van der Waals surface area contributed by atoms with Crippen molar-refractivity contribution in [1.29, 1.82) is 0 Å². The lowest BCUT2D eigenvalue weighted by Gasteiger charge is -2.08. The maximum Gasteiger partial charge on any atom is -0.00489 e. The maximum atomic E-state index is 5.14. The van der Waals surface area contributed by atoms with E-state index in [0.29, 0.717) is 0 Å². The lowest BCUT2D eigenvalue weighted by atomic mass is 10.2. The number of hydrogen-bond acceptors (Lipinski definition) is 3. The van der Waals surface area contributed by atoms with E-state index in [2.05, 4.69) is 12.2 Å². The first-order valence-corrected chi connectivity index (χ1v) is 4.82. The van der Waals surface area contributed by atoms with Crippen molar-refractivity contribution in [1.82, 2.24) is 11.5 Å². The number of nitrogens with two attached hydrogens (primary N) is 1. The molecule has 0 amide bonds. The van der Waals surface area contributed by atoms with Crippen LogP contribution >= 0.6 is 0 Å². The van der Waals surface area contributed by atoms with Crippen LogP contribution in [-0.4, -0.2) is 19.6 Å². The summed E-state index contributed by atoms with van der Waals surface area (Å²) in [5, 5.41) is 3.28. The summed E-state index contributed by atoms with van der Waals surface area (Å²) in [5.41, 5.74) is 5.14. The summed E-state index contributed by atoms with van der Waals surface area (Å²) in [7, 11) is 0. The third kappa shape index (κ3) is 12.5. The highest BCUT2D eigenvalue weighted by molar-refractivity contribution is 4.55. The number of hydrogen-bond donors (Lipinski definition) is 3. The van der Waals surface area contributed by atoms with Crippen LogP contribution in [0.5, 0.6) is 0 Å². The van der Waals surface area contributed by atoms with Crippen LogP contribution in [-0.2, 0) is 0 Å². The first kappa shape index (κ1) is 14.4. The molecule has 1 saturated heterocycles. The summed E-state index contributed by atoms with van der Waals surface area (Å²) in [6, 6.07) is 0. The van der Waals surface area contributed by atoms with Crippen molar-refractivity contribution < 1.29 is 0 Å². The number of piperidine rings is 1. The Kier molecular flexibility index (Phi) is 16.2. The van der Waals surface area contributed by atoms with Crippen LogP contribution in [0.4, 0.5) is 0 Å². The fraction of sp³-hybridized carbons (Fsp3) is 1.00. The van der Waals surface area contributed by atoms with Crippen LogP contribution in [0.25, 0.3) is 0 Å². The SMILES string of the molecule is C1CCNCC1.CCCCN.N. The Bertz CT molecular complexity index is 49.3. The van der Waals surface area contributed by atoms with Gasteiger partial charge in [0.15, 0.2) is 0 Å². The summed E-state index contributed by atoms with van der Waals surface area (Å²) in [4.78, 5) is 0. The van der Waals surface area contributed by atoms with Crippen molar-refractivity contribution in [2.24, 2.45) is 5.73 Å². The molecule has 1 aliphatic rings. The molecule has 0 spiro atoms. The minimum absolute atomic E-state index is 0. The molecule has 0 aliphatic carbocycles. The average Bonchev–Trinajstić information content (AvgIpc) is 2.10. The van der Waals surface area contributed by atoms with Crippen molar-refractivity contribution in [3.05, 3.63) is 0 Å². The van der Waals surface area contributed by atoms with Gasteiger partial charge < -0.3 is 17.2 Å². The van der Waals surface area contributed by atoms with Gasteiger partial charge in [-0.25, -0.2) is 0 Å². The topological polar surface area (TPSA) is 73.0 Å². The Morgan fingerprint density at radius 3 is 1.83 bits per heavy atom. The molecule has 3 nitrogen and oxygen atoms in total. The van der Waals surface area contributed by atoms with Crippen molar-refractivity contribution >= 4 is 0 Å². The molecular weight excluding hydrogens is 150 g/mol. The van der Waals surface area contributed by atoms with E-state index in [4.69, 9.17) is 5.73 Å². The van der Waals surface area contributed by atoms with Gasteiger partial charge in [-0.05, 0) is 38.9 Å². The lowest BCUT2D eigenvalue weighted by molar-refractivity contribution is 0.520. The van der Waals surface area contributed by atoms with Crippen LogP contribution in [0.1, 0.15) is 39.0 Å². The zero-order chi connectivity index (χ0) is 8.36. The summed E-state index contributed by atoms with van der Waals surface area (Å²) in [6.07, 6.45) is 6.60. The molecule has 3 heteroatoms. The molecule has 1 heterocycles. The summed E-state index contributed by atoms with van der Waals surface area (Å²) in [5.74, 6) is 0. The standard InChI is InChI=1S/C5H11N.C4H11N.H3N/c1-2-4-6-5-3-1;1-2-3-4-5;/h6H,1-5H2;2-5H2,1H3;1H3. The van der Waals surface area contributed by atoms with E-state index in [-0.39, 0.29) is 6.15 Å². The van der Waals surface area contributed by atoms with E-state index in [1.54, 1.807) is 0 Å². The molecule has 0 bridgehead atoms. The lowest BCUT2D eigenvalue weighted by Crippen LogP contribution is -2.21. The van der Waals surface area contributed by atoms with Crippen LogP contribution < -0.4 is 17.2 Å². The molecule has 0 aromatic rings. The summed E-state index contributed by atoms with van der Waals surface area (Å²) >= 11 is 0. The third-order valence-electron chi connectivity index (χ3n) is 1.76. The maximum absolute atomic E-state index is 5.14. The normalized spacial score (nSPS) is 15.5. The highest BCUT2D eigenvalue weighted by Gasteiger charge is 1.93. The van der Waals surface area contributed by atoms with Gasteiger partial charge in [-0.2, -0.15) is 0 Å². The molecule has 76 valence electrons. The van der Waals surface area contributed by atoms with E-state index < -0.39 is 0 Å². The number of nitrogens with one attached hydrogen (secondary N) is 1. The van der Waals surface area contributed by atoms with Crippen molar-refractivity contribution in [3.63, 3.8) is 0 Å². The second-order valence-corrected chi connectivity index (χ2v) is 2.95. The molecule has 1 fully saturated rings. The predicted molar refractivity (Wildman–Crippen MR) is 55.7 cm³/mol. The second-order valence-electron chi connectivity index (χ2n) is 2.95. The minimum Gasteiger partial charge on any atom is -0.344 e. The number of unbranched alkanes of at least 4 members (excludes halogenated alkanes) is 1. The van der Waals surface area contributed by atoms with Crippen molar-refractivity contribution in [3.8, 4) is 0 Å². The monoisotopic (exact) mass is 175 g/mol.